The van der Waals surface area contributed by atoms with E-state index in [1.807, 2.05) is 22.7 Å². The molecule has 4 aliphatic rings. The maximum Gasteiger partial charge on any atom is 0.277 e. The van der Waals surface area contributed by atoms with Crippen LogP contribution in [0, 0.1) is 0 Å². The highest BCUT2D eigenvalue weighted by atomic mass is 32.1. The molecule has 9 heteroatoms. The summed E-state index contributed by atoms with van der Waals surface area (Å²) < 4.78 is 31.6. The summed E-state index contributed by atoms with van der Waals surface area (Å²) in [5.41, 5.74) is 16.2. The molecule has 0 spiro atoms. The van der Waals surface area contributed by atoms with Gasteiger partial charge in [-0.25, -0.2) is 0 Å². The van der Waals surface area contributed by atoms with Crippen LogP contribution in [0.3, 0.4) is 0 Å². The van der Waals surface area contributed by atoms with E-state index >= 15 is 0 Å². The summed E-state index contributed by atoms with van der Waals surface area (Å²) in [6, 6.07) is 50.2. The van der Waals surface area contributed by atoms with Crippen LogP contribution in [0.25, 0.3) is 42.4 Å². The summed E-state index contributed by atoms with van der Waals surface area (Å²) >= 11 is 3.91. The predicted molar refractivity (Wildman–Crippen MR) is 309 cm³/mol. The van der Waals surface area contributed by atoms with Gasteiger partial charge < -0.3 is 28.7 Å². The van der Waals surface area contributed by atoms with Crippen LogP contribution in [0.1, 0.15) is 91.8 Å². The van der Waals surface area contributed by atoms with Crippen LogP contribution in [0.2, 0.25) is 0 Å². The molecule has 9 aromatic rings. The summed E-state index contributed by atoms with van der Waals surface area (Å²) in [6.45, 7) is 23.4. The molecular formula is C64H61BN2O4S2. The second kappa shape index (κ2) is 16.9. The molecule has 0 amide bonds. The summed E-state index contributed by atoms with van der Waals surface area (Å²) in [7, 11) is 0. The number of anilines is 6. The zero-order chi connectivity index (χ0) is 50.1. The van der Waals surface area contributed by atoms with E-state index in [1.165, 1.54) is 74.6 Å². The number of fused-ring (bicyclic) bond motifs is 10. The van der Waals surface area contributed by atoms with Crippen molar-refractivity contribution in [2.75, 3.05) is 36.2 Å². The third kappa shape index (κ3) is 7.63. The molecule has 6 heterocycles. The van der Waals surface area contributed by atoms with Gasteiger partial charge in [0.05, 0.1) is 49.2 Å². The van der Waals surface area contributed by atoms with Gasteiger partial charge in [0.15, 0.2) is 23.0 Å². The number of thiophene rings is 2. The molecule has 6 nitrogen and oxygen atoms in total. The van der Waals surface area contributed by atoms with Crippen LogP contribution < -0.4 is 43.8 Å². The summed E-state index contributed by atoms with van der Waals surface area (Å²) in [4.78, 5) is 5.25. The van der Waals surface area contributed by atoms with Crippen LogP contribution in [0.4, 0.5) is 34.1 Å². The van der Waals surface area contributed by atoms with Gasteiger partial charge in [0.1, 0.15) is 0 Å². The van der Waals surface area contributed by atoms with Gasteiger partial charge in [-0.2, -0.15) is 0 Å². The van der Waals surface area contributed by atoms with Crippen molar-refractivity contribution in [1.29, 1.82) is 0 Å². The molecule has 0 atom stereocenters. The Balaban J connectivity index is 1.21. The third-order valence-electron chi connectivity index (χ3n) is 15.2. The molecule has 0 saturated heterocycles. The Kier molecular flexibility index (Phi) is 10.7. The van der Waals surface area contributed by atoms with Crippen LogP contribution >= 0.6 is 22.7 Å². The van der Waals surface area contributed by atoms with Crippen molar-refractivity contribution in [3.05, 3.63) is 150 Å². The van der Waals surface area contributed by atoms with Crippen LogP contribution in [-0.2, 0) is 16.2 Å². The molecule has 0 N–H and O–H groups in total. The normalized spacial score (nSPS) is 15.2. The lowest BCUT2D eigenvalue weighted by Crippen LogP contribution is -2.59. The average molecular weight is 997 g/mol. The maximum atomic E-state index is 6.66. The summed E-state index contributed by atoms with van der Waals surface area (Å²) in [5, 5.41) is 2.53. The van der Waals surface area contributed by atoms with E-state index in [0.29, 0.717) is 26.4 Å². The fourth-order valence-electron chi connectivity index (χ4n) is 11.3. The first kappa shape index (κ1) is 46.1. The molecule has 7 aromatic carbocycles. The van der Waals surface area contributed by atoms with Crippen LogP contribution in [0.15, 0.2) is 133 Å². The lowest BCUT2D eigenvalue weighted by molar-refractivity contribution is 0.296. The molecule has 13 rings (SSSR count). The first-order valence-electron chi connectivity index (χ1n) is 26.0. The highest BCUT2D eigenvalue weighted by molar-refractivity contribution is 7.40. The number of rotatable bonds is 4. The van der Waals surface area contributed by atoms with E-state index in [-0.39, 0.29) is 23.0 Å². The number of nitrogens with zero attached hydrogens (tertiary/aromatic N) is 2. The van der Waals surface area contributed by atoms with Crippen molar-refractivity contribution in [2.45, 2.75) is 91.4 Å². The third-order valence-corrected chi connectivity index (χ3v) is 17.7. The summed E-state index contributed by atoms with van der Waals surface area (Å²) in [5.74, 6) is 3.11. The number of hydrogen-bond acceptors (Lipinski definition) is 8. The van der Waals surface area contributed by atoms with E-state index in [4.69, 9.17) is 18.9 Å². The first-order chi connectivity index (χ1) is 35.1. The molecule has 0 fully saturated rings. The van der Waals surface area contributed by atoms with E-state index in [0.717, 1.165) is 69.5 Å². The fourth-order valence-corrected chi connectivity index (χ4v) is 14.0. The second-order valence-corrected chi connectivity index (χ2v) is 25.5. The monoisotopic (exact) mass is 996 g/mol. The zero-order valence-electron chi connectivity index (χ0n) is 43.4. The number of hydrogen-bond donors (Lipinski definition) is 0. The number of benzene rings is 7. The van der Waals surface area contributed by atoms with Crippen molar-refractivity contribution < 1.29 is 18.9 Å². The van der Waals surface area contributed by atoms with Gasteiger partial charge in [0.25, 0.3) is 6.71 Å². The van der Waals surface area contributed by atoms with Crippen molar-refractivity contribution in [1.82, 2.24) is 0 Å². The second-order valence-electron chi connectivity index (χ2n) is 23.3. The van der Waals surface area contributed by atoms with E-state index < -0.39 is 0 Å². The fraction of sp³-hybridized carbons (Fsp3) is 0.281. The Morgan fingerprint density at radius 1 is 0.411 bits per heavy atom. The van der Waals surface area contributed by atoms with Crippen molar-refractivity contribution in [3.8, 4) is 45.3 Å². The summed E-state index contributed by atoms with van der Waals surface area (Å²) in [6.07, 6.45) is 1.64. The van der Waals surface area contributed by atoms with Gasteiger partial charge >= 0.3 is 0 Å². The Bertz CT molecular complexity index is 3440. The molecule has 366 valence electrons. The Labute approximate surface area is 438 Å². The zero-order valence-corrected chi connectivity index (χ0v) is 45.0. The largest absolute Gasteiger partial charge is 0.490 e. The van der Waals surface area contributed by atoms with Gasteiger partial charge in [-0.15, -0.1) is 22.7 Å². The highest BCUT2D eigenvalue weighted by Gasteiger charge is 2.49. The smallest absolute Gasteiger partial charge is 0.277 e. The van der Waals surface area contributed by atoms with Crippen molar-refractivity contribution >= 4 is 98.7 Å². The minimum absolute atomic E-state index is 0.0642. The van der Waals surface area contributed by atoms with Gasteiger partial charge in [-0.3, -0.25) is 0 Å². The van der Waals surface area contributed by atoms with Gasteiger partial charge in [-0.05, 0) is 98.1 Å². The SMILES string of the molecule is CC(C)(C)c1cc2c3c(c1)N(c1cc4c(cc1-c1ccccc1)OCCCO4)c1c(sc4ccc(C(C)(C)C)cc14)B3c1sc3ccc(C(C)(C)C)cc3c1N2c1cc2c(cc1-c1ccccc1)OCCCO2. The molecule has 0 bridgehead atoms. The highest BCUT2D eigenvalue weighted by Crippen LogP contribution is 2.56. The Hall–Kier alpha value is -6.68. The molecule has 0 radical (unpaired) electrons. The molecule has 0 aliphatic carbocycles. The predicted octanol–water partition coefficient (Wildman–Crippen LogP) is 15.7. The lowest BCUT2D eigenvalue weighted by atomic mass is 9.39. The van der Waals surface area contributed by atoms with Gasteiger partial charge in [0, 0.05) is 77.2 Å². The van der Waals surface area contributed by atoms with Crippen LogP contribution in [0.5, 0.6) is 23.0 Å². The van der Waals surface area contributed by atoms with E-state index in [9.17, 15) is 0 Å². The maximum absolute atomic E-state index is 6.66. The van der Waals surface area contributed by atoms with Gasteiger partial charge in [-0.1, -0.05) is 135 Å². The molecule has 0 saturated carbocycles. The molecule has 4 aliphatic heterocycles. The minimum atomic E-state index is -0.231. The average Bonchev–Trinajstić information content (AvgIpc) is 3.73. The first-order valence-corrected chi connectivity index (χ1v) is 27.6. The number of ether oxygens (including phenoxy) is 4. The van der Waals surface area contributed by atoms with Crippen LogP contribution in [-0.4, -0.2) is 33.1 Å². The molecule has 0 unspecified atom stereocenters. The van der Waals surface area contributed by atoms with Gasteiger partial charge in [0.2, 0.25) is 0 Å². The molecule has 2 aromatic heterocycles. The standard InChI is InChI=1S/C64H61BN2O4S2/c1-62(2,3)40-22-24-55-45(30-40)58-60(72-55)65-57-49(66(58)47-36-53-51(68-26-16-28-70-53)34-43(47)38-18-12-10-13-19-38)32-42(64(7,8)9)33-50(57)67(59-46-31-41(63(4,5)6)23-25-56(46)73-61(59)65)48-37-54-52(69-27-17-29-71-54)35-44(48)39-20-14-11-15-21-39/h10-15,18-25,30-37H,16-17,26-29H2,1-9H3. The lowest BCUT2D eigenvalue weighted by Gasteiger charge is -2.44. The topological polar surface area (TPSA) is 43.4 Å². The van der Waals surface area contributed by atoms with Crippen molar-refractivity contribution in [2.24, 2.45) is 0 Å². The Morgan fingerprint density at radius 3 is 1.18 bits per heavy atom. The molecule has 73 heavy (non-hydrogen) atoms. The van der Waals surface area contributed by atoms with E-state index in [2.05, 4.69) is 206 Å². The quantitative estimate of drug-likeness (QED) is 0.164. The van der Waals surface area contributed by atoms with Crippen molar-refractivity contribution in [3.63, 3.8) is 0 Å². The molecular weight excluding hydrogens is 936 g/mol. The van der Waals surface area contributed by atoms with E-state index in [1.54, 1.807) is 0 Å². The minimum Gasteiger partial charge on any atom is -0.490 e. The Morgan fingerprint density at radius 2 is 0.795 bits per heavy atom.